The molecule has 0 radical (unpaired) electrons. The molecule has 1 N–H and O–H groups in total. The number of carbonyl (C=O) groups is 1. The third kappa shape index (κ3) is 3.32. The minimum atomic E-state index is -0.129. The molecule has 1 atom stereocenters. The van der Waals surface area contributed by atoms with Crippen molar-refractivity contribution in [3.63, 3.8) is 0 Å². The van der Waals surface area contributed by atoms with Gasteiger partial charge in [-0.1, -0.05) is 18.2 Å². The van der Waals surface area contributed by atoms with E-state index >= 15 is 0 Å². The van der Waals surface area contributed by atoms with E-state index in [4.69, 9.17) is 0 Å². The molecule has 130 valence electrons. The van der Waals surface area contributed by atoms with Gasteiger partial charge in [0.05, 0.1) is 6.04 Å². The van der Waals surface area contributed by atoms with Gasteiger partial charge in [0.25, 0.3) is 5.91 Å². The molecule has 1 amide bonds. The maximum Gasteiger partial charge on any atom is 0.271 e. The van der Waals surface area contributed by atoms with Crippen LogP contribution >= 0.6 is 11.3 Å². The number of likely N-dealkylation sites (tertiary alicyclic amines) is 1. The van der Waals surface area contributed by atoms with Crippen LogP contribution in [0.1, 0.15) is 34.9 Å². The fraction of sp³-hybridized carbons (Fsp3) is 0.368. The first-order chi connectivity index (χ1) is 12.2. The van der Waals surface area contributed by atoms with Crippen molar-refractivity contribution in [1.82, 2.24) is 20.0 Å². The normalized spacial score (nSPS) is 18.5. The van der Waals surface area contributed by atoms with E-state index in [1.165, 1.54) is 15.6 Å². The fourth-order valence-corrected chi connectivity index (χ4v) is 4.53. The van der Waals surface area contributed by atoms with Crippen molar-refractivity contribution in [3.8, 4) is 0 Å². The van der Waals surface area contributed by atoms with E-state index in [1.807, 2.05) is 22.2 Å². The standard InChI is InChI=1S/C19H22N4OS/c1-20-19(24)17-8-10-23(21-17)15-5-4-9-22(12-15)11-14-13-25-18-7-3-2-6-16(14)18/h2-3,6-8,10,13,15H,4-5,9,11-12H2,1H3,(H,20,24)/t15-/m0/s1. The third-order valence-corrected chi connectivity index (χ3v) is 5.89. The number of amides is 1. The molecule has 5 nitrogen and oxygen atoms in total. The molecule has 1 aliphatic rings. The van der Waals surface area contributed by atoms with Gasteiger partial charge in [0.1, 0.15) is 5.69 Å². The Bertz CT molecular complexity index is 884. The highest BCUT2D eigenvalue weighted by molar-refractivity contribution is 7.17. The lowest BCUT2D eigenvalue weighted by atomic mass is 10.0. The SMILES string of the molecule is CNC(=O)c1ccn([C@H]2CCCN(Cc3csc4ccccc34)C2)n1. The minimum Gasteiger partial charge on any atom is -0.354 e. The van der Waals surface area contributed by atoms with E-state index in [0.717, 1.165) is 32.5 Å². The molecule has 2 aromatic heterocycles. The van der Waals surface area contributed by atoms with Crippen LogP contribution in [-0.2, 0) is 6.54 Å². The monoisotopic (exact) mass is 354 g/mol. The summed E-state index contributed by atoms with van der Waals surface area (Å²) in [6, 6.07) is 10.7. The summed E-state index contributed by atoms with van der Waals surface area (Å²) in [5.74, 6) is -0.129. The quantitative estimate of drug-likeness (QED) is 0.782. The average molecular weight is 354 g/mol. The van der Waals surface area contributed by atoms with Gasteiger partial charge in [-0.3, -0.25) is 14.4 Å². The van der Waals surface area contributed by atoms with Crippen LogP contribution in [0.2, 0.25) is 0 Å². The number of benzene rings is 1. The number of rotatable bonds is 4. The highest BCUT2D eigenvalue weighted by atomic mass is 32.1. The topological polar surface area (TPSA) is 50.2 Å². The number of nitrogens with one attached hydrogen (secondary N) is 1. The molecule has 1 fully saturated rings. The van der Waals surface area contributed by atoms with Gasteiger partial charge >= 0.3 is 0 Å². The van der Waals surface area contributed by atoms with Crippen LogP contribution in [0.3, 0.4) is 0 Å². The van der Waals surface area contributed by atoms with E-state index in [9.17, 15) is 4.79 Å². The van der Waals surface area contributed by atoms with E-state index in [-0.39, 0.29) is 5.91 Å². The van der Waals surface area contributed by atoms with Crippen LogP contribution in [0, 0.1) is 0 Å². The van der Waals surface area contributed by atoms with Crippen LogP contribution in [0.4, 0.5) is 0 Å². The van der Waals surface area contributed by atoms with Crippen molar-refractivity contribution in [3.05, 3.63) is 53.2 Å². The lowest BCUT2D eigenvalue weighted by molar-refractivity contribution is 0.0955. The Morgan fingerprint density at radius 1 is 1.36 bits per heavy atom. The van der Waals surface area contributed by atoms with Gasteiger partial charge in [0.2, 0.25) is 0 Å². The van der Waals surface area contributed by atoms with Crippen molar-refractivity contribution in [1.29, 1.82) is 0 Å². The summed E-state index contributed by atoms with van der Waals surface area (Å²) < 4.78 is 3.32. The van der Waals surface area contributed by atoms with Crippen molar-refractivity contribution >= 4 is 27.3 Å². The first-order valence-electron chi connectivity index (χ1n) is 8.69. The van der Waals surface area contributed by atoms with Crippen LogP contribution < -0.4 is 5.32 Å². The van der Waals surface area contributed by atoms with E-state index in [0.29, 0.717) is 11.7 Å². The predicted molar refractivity (Wildman–Crippen MR) is 101 cm³/mol. The predicted octanol–water partition coefficient (Wildman–Crippen LogP) is 3.29. The highest BCUT2D eigenvalue weighted by Crippen LogP contribution is 2.29. The largest absolute Gasteiger partial charge is 0.354 e. The number of thiophene rings is 1. The highest BCUT2D eigenvalue weighted by Gasteiger charge is 2.23. The van der Waals surface area contributed by atoms with Gasteiger partial charge in [0.15, 0.2) is 0 Å². The maximum atomic E-state index is 11.7. The Balaban J connectivity index is 1.47. The molecular weight excluding hydrogens is 332 g/mol. The van der Waals surface area contributed by atoms with Crippen LogP contribution in [0.15, 0.2) is 41.9 Å². The van der Waals surface area contributed by atoms with Gasteiger partial charge in [-0.05, 0) is 47.8 Å². The Kier molecular flexibility index (Phi) is 4.55. The summed E-state index contributed by atoms with van der Waals surface area (Å²) in [6.45, 7) is 3.06. The molecule has 0 spiro atoms. The van der Waals surface area contributed by atoms with Crippen LogP contribution in [0.5, 0.6) is 0 Å². The third-order valence-electron chi connectivity index (χ3n) is 4.88. The molecule has 0 saturated carbocycles. The maximum absolute atomic E-state index is 11.7. The molecular formula is C19H22N4OS. The Hall–Kier alpha value is -2.18. The van der Waals surface area contributed by atoms with Gasteiger partial charge in [-0.25, -0.2) is 0 Å². The van der Waals surface area contributed by atoms with E-state index < -0.39 is 0 Å². The van der Waals surface area contributed by atoms with Crippen molar-refractivity contribution < 1.29 is 4.79 Å². The van der Waals surface area contributed by atoms with Gasteiger partial charge in [-0.15, -0.1) is 11.3 Å². The number of fused-ring (bicyclic) bond motifs is 1. The number of hydrogen-bond acceptors (Lipinski definition) is 4. The number of aromatic nitrogens is 2. The molecule has 0 unspecified atom stereocenters. The number of hydrogen-bond donors (Lipinski definition) is 1. The Morgan fingerprint density at radius 2 is 2.24 bits per heavy atom. The molecule has 4 rings (SSSR count). The molecule has 6 heteroatoms. The average Bonchev–Trinajstić information content (AvgIpc) is 3.29. The summed E-state index contributed by atoms with van der Waals surface area (Å²) in [5, 5.41) is 10.7. The summed E-state index contributed by atoms with van der Waals surface area (Å²) in [4.78, 5) is 14.2. The zero-order chi connectivity index (χ0) is 17.2. The lowest BCUT2D eigenvalue weighted by Gasteiger charge is -2.32. The molecule has 3 aromatic rings. The number of piperidine rings is 1. The van der Waals surface area contributed by atoms with E-state index in [1.54, 1.807) is 13.1 Å². The van der Waals surface area contributed by atoms with Crippen molar-refractivity contribution in [2.45, 2.75) is 25.4 Å². The summed E-state index contributed by atoms with van der Waals surface area (Å²) in [5.41, 5.74) is 1.90. The second-order valence-electron chi connectivity index (χ2n) is 6.55. The van der Waals surface area contributed by atoms with Gasteiger partial charge < -0.3 is 5.32 Å². The minimum absolute atomic E-state index is 0.129. The molecule has 0 aliphatic carbocycles. The van der Waals surface area contributed by atoms with Crippen molar-refractivity contribution in [2.24, 2.45) is 0 Å². The van der Waals surface area contributed by atoms with Gasteiger partial charge in [0, 0.05) is 31.0 Å². The van der Waals surface area contributed by atoms with Crippen molar-refractivity contribution in [2.75, 3.05) is 20.1 Å². The second kappa shape index (κ2) is 6.98. The number of nitrogens with zero attached hydrogens (tertiary/aromatic N) is 3. The molecule has 3 heterocycles. The molecule has 1 aromatic carbocycles. The number of carbonyl (C=O) groups excluding carboxylic acids is 1. The zero-order valence-electron chi connectivity index (χ0n) is 14.3. The summed E-state index contributed by atoms with van der Waals surface area (Å²) in [6.07, 6.45) is 4.19. The summed E-state index contributed by atoms with van der Waals surface area (Å²) in [7, 11) is 1.63. The fourth-order valence-electron chi connectivity index (χ4n) is 3.58. The second-order valence-corrected chi connectivity index (χ2v) is 7.46. The molecule has 1 aliphatic heterocycles. The first kappa shape index (κ1) is 16.3. The van der Waals surface area contributed by atoms with E-state index in [2.05, 4.69) is 45.0 Å². The van der Waals surface area contributed by atoms with Crippen LogP contribution in [0.25, 0.3) is 10.1 Å². The lowest BCUT2D eigenvalue weighted by Crippen LogP contribution is -2.36. The first-order valence-corrected chi connectivity index (χ1v) is 9.57. The van der Waals surface area contributed by atoms with Crippen LogP contribution in [-0.4, -0.2) is 40.7 Å². The zero-order valence-corrected chi connectivity index (χ0v) is 15.1. The molecule has 25 heavy (non-hydrogen) atoms. The Labute approximate surface area is 151 Å². The van der Waals surface area contributed by atoms with Gasteiger partial charge in [-0.2, -0.15) is 5.10 Å². The molecule has 0 bridgehead atoms. The molecule has 1 saturated heterocycles. The smallest absolute Gasteiger partial charge is 0.271 e. The Morgan fingerprint density at radius 3 is 3.12 bits per heavy atom. The summed E-state index contributed by atoms with van der Waals surface area (Å²) >= 11 is 1.82.